The van der Waals surface area contributed by atoms with Crippen LogP contribution in [0.5, 0.6) is 5.75 Å². The van der Waals surface area contributed by atoms with E-state index in [2.05, 4.69) is 23.9 Å². The molecule has 3 atom stereocenters. The Kier molecular flexibility index (Phi) is 6.69. The van der Waals surface area contributed by atoms with Crippen molar-refractivity contribution >= 4 is 15.9 Å². The Bertz CT molecular complexity index is 746. The second-order valence-electron chi connectivity index (χ2n) is 7.49. The molecule has 7 heteroatoms. The number of hydrogen-bond acceptors (Lipinski definition) is 4. The van der Waals surface area contributed by atoms with Gasteiger partial charge in [0.15, 0.2) is 0 Å². The molecular weight excluding hydrogens is 352 g/mol. The van der Waals surface area contributed by atoms with Crippen LogP contribution in [0.3, 0.4) is 0 Å². The standard InChI is InChI=1S/C19H30N2O4S/c1-12(2)21-26(23,24)18-11-15(9-10-17(18)25-5)19(22)20-16-8-6-7-13(3)14(16)4/h9-14,16,21H,6-8H2,1-5H3,(H,20,22). The maximum atomic E-state index is 12.7. The first-order chi connectivity index (χ1) is 12.2. The number of methoxy groups -OCH3 is 1. The molecule has 1 fully saturated rings. The van der Waals surface area contributed by atoms with E-state index in [4.69, 9.17) is 4.74 Å². The van der Waals surface area contributed by atoms with Gasteiger partial charge in [-0.05, 0) is 50.3 Å². The third-order valence-corrected chi connectivity index (χ3v) is 6.81. The van der Waals surface area contributed by atoms with E-state index in [0.717, 1.165) is 12.8 Å². The second-order valence-corrected chi connectivity index (χ2v) is 9.17. The molecule has 0 radical (unpaired) electrons. The lowest BCUT2D eigenvalue weighted by atomic mass is 9.78. The van der Waals surface area contributed by atoms with Crippen LogP contribution in [0.15, 0.2) is 23.1 Å². The fourth-order valence-corrected chi connectivity index (χ4v) is 4.89. The number of carbonyl (C=O) groups is 1. The Morgan fingerprint density at radius 2 is 1.92 bits per heavy atom. The summed E-state index contributed by atoms with van der Waals surface area (Å²) in [5, 5.41) is 3.08. The van der Waals surface area contributed by atoms with E-state index in [-0.39, 0.29) is 28.6 Å². The molecule has 1 saturated carbocycles. The summed E-state index contributed by atoms with van der Waals surface area (Å²) in [5.41, 5.74) is 0.320. The molecule has 0 saturated heterocycles. The van der Waals surface area contributed by atoms with Gasteiger partial charge in [-0.2, -0.15) is 0 Å². The number of ether oxygens (including phenoxy) is 1. The molecule has 1 aliphatic carbocycles. The summed E-state index contributed by atoms with van der Waals surface area (Å²) in [5.74, 6) is 0.932. The lowest BCUT2D eigenvalue weighted by molar-refractivity contribution is 0.0891. The zero-order valence-electron chi connectivity index (χ0n) is 16.2. The summed E-state index contributed by atoms with van der Waals surface area (Å²) in [6, 6.07) is 4.36. The zero-order valence-corrected chi connectivity index (χ0v) is 17.0. The molecule has 0 spiro atoms. The molecular formula is C19H30N2O4S. The lowest BCUT2D eigenvalue weighted by Gasteiger charge is -2.34. The number of amides is 1. The fourth-order valence-electron chi connectivity index (χ4n) is 3.44. The molecule has 3 unspecified atom stereocenters. The van der Waals surface area contributed by atoms with Gasteiger partial charge in [0, 0.05) is 17.6 Å². The Hall–Kier alpha value is -1.60. The summed E-state index contributed by atoms with van der Waals surface area (Å²) in [7, 11) is -2.35. The Labute approximate surface area is 156 Å². The Morgan fingerprint density at radius 3 is 2.54 bits per heavy atom. The van der Waals surface area contributed by atoms with Crippen LogP contribution in [0.25, 0.3) is 0 Å². The van der Waals surface area contributed by atoms with Crippen LogP contribution in [-0.4, -0.2) is 33.5 Å². The first-order valence-electron chi connectivity index (χ1n) is 9.17. The number of hydrogen-bond donors (Lipinski definition) is 2. The molecule has 0 aromatic heterocycles. The number of nitrogens with one attached hydrogen (secondary N) is 2. The third kappa shape index (κ3) is 4.76. The summed E-state index contributed by atoms with van der Waals surface area (Å²) in [6.07, 6.45) is 3.23. The maximum Gasteiger partial charge on any atom is 0.251 e. The summed E-state index contributed by atoms with van der Waals surface area (Å²) in [4.78, 5) is 12.7. The van der Waals surface area contributed by atoms with Gasteiger partial charge in [0.25, 0.3) is 5.91 Å². The average molecular weight is 383 g/mol. The molecule has 1 aromatic rings. The highest BCUT2D eigenvalue weighted by atomic mass is 32.2. The number of carbonyl (C=O) groups excluding carboxylic acids is 1. The van der Waals surface area contributed by atoms with E-state index in [1.54, 1.807) is 19.9 Å². The van der Waals surface area contributed by atoms with Crippen molar-refractivity contribution in [2.24, 2.45) is 11.8 Å². The zero-order chi connectivity index (χ0) is 19.5. The van der Waals surface area contributed by atoms with Gasteiger partial charge in [0.05, 0.1) is 7.11 Å². The normalized spacial score (nSPS) is 23.7. The van der Waals surface area contributed by atoms with Gasteiger partial charge < -0.3 is 10.1 Å². The summed E-state index contributed by atoms with van der Waals surface area (Å²) >= 11 is 0. The van der Waals surface area contributed by atoms with Crippen LogP contribution >= 0.6 is 0 Å². The van der Waals surface area contributed by atoms with Crippen molar-refractivity contribution in [3.8, 4) is 5.75 Å². The molecule has 1 amide bonds. The highest BCUT2D eigenvalue weighted by Crippen LogP contribution is 2.30. The number of benzene rings is 1. The van der Waals surface area contributed by atoms with E-state index >= 15 is 0 Å². The average Bonchev–Trinajstić information content (AvgIpc) is 2.57. The molecule has 6 nitrogen and oxygen atoms in total. The van der Waals surface area contributed by atoms with E-state index in [1.165, 1.54) is 25.7 Å². The predicted molar refractivity (Wildman–Crippen MR) is 102 cm³/mol. The van der Waals surface area contributed by atoms with Gasteiger partial charge in [-0.15, -0.1) is 0 Å². The van der Waals surface area contributed by atoms with Crippen molar-refractivity contribution in [3.63, 3.8) is 0 Å². The lowest BCUT2D eigenvalue weighted by Crippen LogP contribution is -2.43. The highest BCUT2D eigenvalue weighted by Gasteiger charge is 2.29. The van der Waals surface area contributed by atoms with Crippen molar-refractivity contribution in [3.05, 3.63) is 23.8 Å². The number of sulfonamides is 1. The monoisotopic (exact) mass is 382 g/mol. The quantitative estimate of drug-likeness (QED) is 0.792. The molecule has 0 heterocycles. The van der Waals surface area contributed by atoms with E-state index in [9.17, 15) is 13.2 Å². The molecule has 146 valence electrons. The van der Waals surface area contributed by atoms with Crippen molar-refractivity contribution in [1.29, 1.82) is 0 Å². The van der Waals surface area contributed by atoms with Crippen LogP contribution in [0, 0.1) is 11.8 Å². The molecule has 0 bridgehead atoms. The van der Waals surface area contributed by atoms with E-state index in [1.807, 2.05) is 0 Å². The molecule has 1 aliphatic rings. The van der Waals surface area contributed by atoms with Gasteiger partial charge in [-0.1, -0.05) is 26.7 Å². The molecule has 2 N–H and O–H groups in total. The Morgan fingerprint density at radius 1 is 1.23 bits per heavy atom. The van der Waals surface area contributed by atoms with Crippen molar-refractivity contribution in [1.82, 2.24) is 10.0 Å². The predicted octanol–water partition coefficient (Wildman–Crippen LogP) is 2.94. The smallest absolute Gasteiger partial charge is 0.251 e. The van der Waals surface area contributed by atoms with Crippen LogP contribution < -0.4 is 14.8 Å². The molecule has 26 heavy (non-hydrogen) atoms. The topological polar surface area (TPSA) is 84.5 Å². The maximum absolute atomic E-state index is 12.7. The summed E-state index contributed by atoms with van der Waals surface area (Å²) < 4.78 is 32.8. The first-order valence-corrected chi connectivity index (χ1v) is 10.6. The minimum absolute atomic E-state index is 0.0218. The van der Waals surface area contributed by atoms with E-state index < -0.39 is 10.0 Å². The number of rotatable bonds is 6. The minimum atomic E-state index is -3.77. The largest absolute Gasteiger partial charge is 0.495 e. The van der Waals surface area contributed by atoms with Crippen molar-refractivity contribution in [2.45, 2.75) is 63.9 Å². The SMILES string of the molecule is COc1ccc(C(=O)NC2CCCC(C)C2C)cc1S(=O)(=O)NC(C)C. The van der Waals surface area contributed by atoms with E-state index in [0.29, 0.717) is 17.4 Å². The van der Waals surface area contributed by atoms with Crippen LogP contribution in [0.1, 0.15) is 57.3 Å². The minimum Gasteiger partial charge on any atom is -0.495 e. The first kappa shape index (κ1) is 20.7. The van der Waals surface area contributed by atoms with Crippen molar-refractivity contribution < 1.29 is 17.9 Å². The second kappa shape index (κ2) is 8.39. The van der Waals surface area contributed by atoms with Crippen LogP contribution in [-0.2, 0) is 10.0 Å². The van der Waals surface area contributed by atoms with Gasteiger partial charge in [-0.25, -0.2) is 13.1 Å². The fraction of sp³-hybridized carbons (Fsp3) is 0.632. The molecule has 0 aliphatic heterocycles. The van der Waals surface area contributed by atoms with Crippen molar-refractivity contribution in [2.75, 3.05) is 7.11 Å². The van der Waals surface area contributed by atoms with Gasteiger partial charge in [-0.3, -0.25) is 4.79 Å². The van der Waals surface area contributed by atoms with Gasteiger partial charge in [0.2, 0.25) is 10.0 Å². The summed E-state index contributed by atoms with van der Waals surface area (Å²) in [6.45, 7) is 7.85. The van der Waals surface area contributed by atoms with Gasteiger partial charge in [0.1, 0.15) is 10.6 Å². The Balaban J connectivity index is 2.27. The van der Waals surface area contributed by atoms with Crippen LogP contribution in [0.4, 0.5) is 0 Å². The van der Waals surface area contributed by atoms with Crippen LogP contribution in [0.2, 0.25) is 0 Å². The molecule has 2 rings (SSSR count). The molecule has 1 aromatic carbocycles. The van der Waals surface area contributed by atoms with Gasteiger partial charge >= 0.3 is 0 Å². The highest BCUT2D eigenvalue weighted by molar-refractivity contribution is 7.89. The third-order valence-electron chi connectivity index (χ3n) is 5.13.